The van der Waals surface area contributed by atoms with Crippen LogP contribution in [-0.2, 0) is 9.59 Å². The van der Waals surface area contributed by atoms with Gasteiger partial charge in [0.1, 0.15) is 0 Å². The number of carbonyl (C=O) groups is 2. The summed E-state index contributed by atoms with van der Waals surface area (Å²) in [6, 6.07) is 9.86. The van der Waals surface area contributed by atoms with Crippen LogP contribution in [-0.4, -0.2) is 62.0 Å². The first kappa shape index (κ1) is 14.8. The van der Waals surface area contributed by atoms with Gasteiger partial charge in [-0.1, -0.05) is 18.2 Å². The van der Waals surface area contributed by atoms with E-state index in [1.165, 1.54) is 5.69 Å². The van der Waals surface area contributed by atoms with Crippen molar-refractivity contribution in [2.75, 3.05) is 44.2 Å². The molecule has 0 aliphatic carbocycles. The van der Waals surface area contributed by atoms with Crippen molar-refractivity contribution in [3.8, 4) is 0 Å². The Hall–Kier alpha value is -2.08. The van der Waals surface area contributed by atoms with Crippen molar-refractivity contribution in [1.82, 2.24) is 15.5 Å². The van der Waals surface area contributed by atoms with Gasteiger partial charge in [-0.2, -0.15) is 0 Å². The molecule has 2 amide bonds. The first-order valence-electron chi connectivity index (χ1n) is 7.83. The van der Waals surface area contributed by atoms with Crippen molar-refractivity contribution in [2.45, 2.75) is 12.5 Å². The molecule has 0 saturated carbocycles. The Bertz CT molecular complexity index is 526. The van der Waals surface area contributed by atoms with Gasteiger partial charge in [-0.3, -0.25) is 9.59 Å². The molecule has 3 rings (SSSR count). The van der Waals surface area contributed by atoms with Crippen LogP contribution in [0.3, 0.4) is 0 Å². The Morgan fingerprint density at radius 3 is 2.50 bits per heavy atom. The van der Waals surface area contributed by atoms with Crippen LogP contribution in [0.2, 0.25) is 0 Å². The Morgan fingerprint density at radius 1 is 1.09 bits per heavy atom. The lowest BCUT2D eigenvalue weighted by Crippen LogP contribution is -2.56. The lowest BCUT2D eigenvalue weighted by molar-refractivity contribution is -0.135. The van der Waals surface area contributed by atoms with Crippen molar-refractivity contribution in [1.29, 1.82) is 0 Å². The van der Waals surface area contributed by atoms with E-state index in [1.54, 1.807) is 0 Å². The minimum atomic E-state index is -0.381. The highest BCUT2D eigenvalue weighted by molar-refractivity contribution is 5.88. The number of amides is 2. The minimum absolute atomic E-state index is 0.0576. The molecule has 22 heavy (non-hydrogen) atoms. The van der Waals surface area contributed by atoms with Gasteiger partial charge in [0.05, 0.1) is 12.5 Å². The third-order valence-electron chi connectivity index (χ3n) is 4.26. The molecule has 2 fully saturated rings. The molecular weight excluding hydrogens is 280 g/mol. The van der Waals surface area contributed by atoms with Crippen LogP contribution in [0, 0.1) is 0 Å². The zero-order valence-corrected chi connectivity index (χ0v) is 12.6. The van der Waals surface area contributed by atoms with E-state index in [9.17, 15) is 9.59 Å². The monoisotopic (exact) mass is 302 g/mol. The Morgan fingerprint density at radius 2 is 1.82 bits per heavy atom. The van der Waals surface area contributed by atoms with Crippen LogP contribution in [0.5, 0.6) is 0 Å². The van der Waals surface area contributed by atoms with E-state index in [1.807, 2.05) is 23.1 Å². The maximum atomic E-state index is 12.3. The third-order valence-corrected chi connectivity index (χ3v) is 4.26. The molecule has 2 N–H and O–H groups in total. The van der Waals surface area contributed by atoms with Gasteiger partial charge < -0.3 is 20.4 Å². The summed E-state index contributed by atoms with van der Waals surface area (Å²) in [6.45, 7) is 4.45. The molecular formula is C16H22N4O2. The lowest BCUT2D eigenvalue weighted by Gasteiger charge is -2.37. The summed E-state index contributed by atoms with van der Waals surface area (Å²) in [6.07, 6.45) is 0.247. The summed E-state index contributed by atoms with van der Waals surface area (Å²) < 4.78 is 0. The van der Waals surface area contributed by atoms with Gasteiger partial charge in [0.15, 0.2) is 0 Å². The molecule has 1 aromatic rings. The van der Waals surface area contributed by atoms with Crippen molar-refractivity contribution < 1.29 is 9.59 Å². The second-order valence-corrected chi connectivity index (χ2v) is 5.71. The molecule has 0 aromatic heterocycles. The van der Waals surface area contributed by atoms with Gasteiger partial charge in [0.25, 0.3) is 0 Å². The number of hydrogen-bond acceptors (Lipinski definition) is 4. The van der Waals surface area contributed by atoms with E-state index in [4.69, 9.17) is 0 Å². The SMILES string of the molecule is O=C1NCCN[C@@H]1CC(=O)N1CCN(c2ccccc2)CC1. The zero-order chi connectivity index (χ0) is 15.4. The van der Waals surface area contributed by atoms with Crippen LogP contribution in [0.4, 0.5) is 5.69 Å². The predicted molar refractivity (Wildman–Crippen MR) is 84.7 cm³/mol. The smallest absolute Gasteiger partial charge is 0.237 e. The standard InChI is InChI=1S/C16H22N4O2/c21-15(12-14-16(22)18-7-6-17-14)20-10-8-19(9-11-20)13-4-2-1-3-5-13/h1-5,14,17H,6-12H2,(H,18,22)/t14-/m1/s1. The summed E-state index contributed by atoms with van der Waals surface area (Å²) in [4.78, 5) is 28.2. The molecule has 0 unspecified atom stereocenters. The van der Waals surface area contributed by atoms with Crippen LogP contribution < -0.4 is 15.5 Å². The van der Waals surface area contributed by atoms with E-state index in [2.05, 4.69) is 27.7 Å². The fourth-order valence-corrected chi connectivity index (χ4v) is 2.97. The molecule has 118 valence electrons. The third kappa shape index (κ3) is 3.39. The predicted octanol–water partition coefficient (Wildman–Crippen LogP) is -0.187. The number of hydrogen-bond donors (Lipinski definition) is 2. The quantitative estimate of drug-likeness (QED) is 0.812. The Balaban J connectivity index is 1.50. The van der Waals surface area contributed by atoms with Crippen LogP contribution in [0.25, 0.3) is 0 Å². The summed E-state index contributed by atoms with van der Waals surface area (Å²) in [5, 5.41) is 5.89. The molecule has 2 aliphatic rings. The van der Waals surface area contributed by atoms with Crippen LogP contribution in [0.15, 0.2) is 30.3 Å². The fraction of sp³-hybridized carbons (Fsp3) is 0.500. The van der Waals surface area contributed by atoms with Crippen LogP contribution >= 0.6 is 0 Å². The number of para-hydroxylation sites is 1. The largest absolute Gasteiger partial charge is 0.368 e. The first-order chi connectivity index (χ1) is 10.7. The zero-order valence-electron chi connectivity index (χ0n) is 12.6. The number of piperazine rings is 2. The number of anilines is 1. The molecule has 0 radical (unpaired) electrons. The first-order valence-corrected chi connectivity index (χ1v) is 7.83. The highest BCUT2D eigenvalue weighted by Gasteiger charge is 2.28. The van der Waals surface area contributed by atoms with Gasteiger partial charge in [-0.15, -0.1) is 0 Å². The number of nitrogens with one attached hydrogen (secondary N) is 2. The molecule has 2 heterocycles. The van der Waals surface area contributed by atoms with E-state index >= 15 is 0 Å². The number of nitrogens with zero attached hydrogens (tertiary/aromatic N) is 2. The number of benzene rings is 1. The number of carbonyl (C=O) groups excluding carboxylic acids is 2. The normalized spacial score (nSPS) is 22.4. The van der Waals surface area contributed by atoms with Crippen molar-refractivity contribution in [3.63, 3.8) is 0 Å². The summed E-state index contributed by atoms with van der Waals surface area (Å²) in [5.41, 5.74) is 1.20. The van der Waals surface area contributed by atoms with E-state index in [-0.39, 0.29) is 24.3 Å². The van der Waals surface area contributed by atoms with E-state index in [0.29, 0.717) is 19.6 Å². The Labute approximate surface area is 130 Å². The summed E-state index contributed by atoms with van der Waals surface area (Å²) in [5.74, 6) is -0.00946. The van der Waals surface area contributed by atoms with Crippen molar-refractivity contribution in [3.05, 3.63) is 30.3 Å². The van der Waals surface area contributed by atoms with Crippen LogP contribution in [0.1, 0.15) is 6.42 Å². The minimum Gasteiger partial charge on any atom is -0.368 e. The fourth-order valence-electron chi connectivity index (χ4n) is 2.97. The maximum absolute atomic E-state index is 12.3. The molecule has 0 spiro atoms. The van der Waals surface area contributed by atoms with E-state index in [0.717, 1.165) is 19.6 Å². The maximum Gasteiger partial charge on any atom is 0.237 e. The molecule has 6 heteroatoms. The molecule has 6 nitrogen and oxygen atoms in total. The summed E-state index contributed by atoms with van der Waals surface area (Å²) >= 11 is 0. The average Bonchev–Trinajstić information content (AvgIpc) is 2.58. The van der Waals surface area contributed by atoms with Crippen molar-refractivity contribution >= 4 is 17.5 Å². The topological polar surface area (TPSA) is 64.7 Å². The second kappa shape index (κ2) is 6.79. The highest BCUT2D eigenvalue weighted by Crippen LogP contribution is 2.16. The van der Waals surface area contributed by atoms with E-state index < -0.39 is 0 Å². The summed E-state index contributed by atoms with van der Waals surface area (Å²) in [7, 11) is 0. The van der Waals surface area contributed by atoms with Gasteiger partial charge in [0, 0.05) is 45.0 Å². The molecule has 2 saturated heterocycles. The second-order valence-electron chi connectivity index (χ2n) is 5.71. The average molecular weight is 302 g/mol. The van der Waals surface area contributed by atoms with Gasteiger partial charge in [0.2, 0.25) is 11.8 Å². The van der Waals surface area contributed by atoms with Gasteiger partial charge >= 0.3 is 0 Å². The molecule has 1 atom stereocenters. The molecule has 2 aliphatic heterocycles. The lowest BCUT2D eigenvalue weighted by atomic mass is 10.1. The molecule has 1 aromatic carbocycles. The number of rotatable bonds is 3. The van der Waals surface area contributed by atoms with Crippen molar-refractivity contribution in [2.24, 2.45) is 0 Å². The van der Waals surface area contributed by atoms with Gasteiger partial charge in [-0.05, 0) is 12.1 Å². The Kier molecular flexibility index (Phi) is 4.58. The molecule has 0 bridgehead atoms. The van der Waals surface area contributed by atoms with Gasteiger partial charge in [-0.25, -0.2) is 0 Å². The highest BCUT2D eigenvalue weighted by atomic mass is 16.2.